The van der Waals surface area contributed by atoms with Crippen molar-refractivity contribution in [3.63, 3.8) is 0 Å². The van der Waals surface area contributed by atoms with E-state index >= 15 is 0 Å². The predicted molar refractivity (Wildman–Crippen MR) is 139 cm³/mol. The summed E-state index contributed by atoms with van der Waals surface area (Å²) in [5.74, 6) is -0.305. The maximum atomic E-state index is 13.5. The Morgan fingerprint density at radius 1 is 1.12 bits per heavy atom. The maximum absolute atomic E-state index is 13.5. The van der Waals surface area contributed by atoms with E-state index in [0.29, 0.717) is 30.2 Å². The first kappa shape index (κ1) is 24.2. The van der Waals surface area contributed by atoms with Gasteiger partial charge in [-0.2, -0.15) is 0 Å². The minimum atomic E-state index is -0.305. The van der Waals surface area contributed by atoms with Gasteiger partial charge in [0.1, 0.15) is 5.56 Å². The number of benzene rings is 2. The number of hydrogen-bond donors (Lipinski definition) is 0. The van der Waals surface area contributed by atoms with Gasteiger partial charge in [-0.25, -0.2) is 0 Å². The second-order valence-electron chi connectivity index (χ2n) is 8.31. The van der Waals surface area contributed by atoms with E-state index in [1.165, 1.54) is 10.8 Å². The zero-order chi connectivity index (χ0) is 24.2. The Balaban J connectivity index is 1.65. The normalized spacial score (nSPS) is 11.2. The highest BCUT2D eigenvalue weighted by Gasteiger charge is 2.23. The highest BCUT2D eigenvalue weighted by atomic mass is 35.5. The van der Waals surface area contributed by atoms with Gasteiger partial charge in [-0.05, 0) is 42.5 Å². The summed E-state index contributed by atoms with van der Waals surface area (Å²) in [4.78, 5) is 29.2. The third kappa shape index (κ3) is 5.09. The van der Waals surface area contributed by atoms with Crippen LogP contribution in [0, 0.1) is 6.92 Å². The first-order valence-electron chi connectivity index (χ1n) is 11.1. The zero-order valence-corrected chi connectivity index (χ0v) is 21.1. The molecule has 1 amide bonds. The summed E-state index contributed by atoms with van der Waals surface area (Å²) < 4.78 is 8.60. The van der Waals surface area contributed by atoms with Crippen molar-refractivity contribution in [2.45, 2.75) is 33.0 Å². The van der Waals surface area contributed by atoms with Gasteiger partial charge >= 0.3 is 0 Å². The van der Waals surface area contributed by atoms with Crippen LogP contribution in [0.3, 0.4) is 0 Å². The van der Waals surface area contributed by atoms with Crippen molar-refractivity contribution in [1.82, 2.24) is 9.47 Å². The topological polar surface area (TPSA) is 51.5 Å². The number of aromatic nitrogens is 1. The first-order valence-corrected chi connectivity index (χ1v) is 12.3. The van der Waals surface area contributed by atoms with Gasteiger partial charge in [0.2, 0.25) is 0 Å². The van der Waals surface area contributed by atoms with E-state index in [1.54, 1.807) is 30.4 Å². The minimum Gasteiger partial charge on any atom is -0.378 e. The number of pyridine rings is 1. The molecule has 2 heterocycles. The third-order valence-corrected chi connectivity index (χ3v) is 7.37. The number of carbonyl (C=O) groups excluding carboxylic acids is 1. The highest BCUT2D eigenvalue weighted by molar-refractivity contribution is 7.19. The van der Waals surface area contributed by atoms with E-state index in [9.17, 15) is 9.59 Å². The number of nitrogens with zero attached hydrogens (tertiary/aromatic N) is 2. The second kappa shape index (κ2) is 10.6. The van der Waals surface area contributed by atoms with Gasteiger partial charge < -0.3 is 14.2 Å². The number of carbonyl (C=O) groups is 1. The van der Waals surface area contributed by atoms with Crippen molar-refractivity contribution in [2.24, 2.45) is 0 Å². The maximum Gasteiger partial charge on any atom is 0.259 e. The lowest BCUT2D eigenvalue weighted by Gasteiger charge is -2.22. The van der Waals surface area contributed by atoms with Crippen LogP contribution in [0.1, 0.15) is 32.2 Å². The molecule has 0 aliphatic carbocycles. The van der Waals surface area contributed by atoms with Crippen LogP contribution in [0.2, 0.25) is 5.02 Å². The lowest BCUT2D eigenvalue weighted by Crippen LogP contribution is -2.34. The Hall–Kier alpha value is -2.93. The van der Waals surface area contributed by atoms with Crippen LogP contribution >= 0.6 is 22.9 Å². The lowest BCUT2D eigenvalue weighted by atomic mass is 10.1. The monoisotopic (exact) mass is 494 g/mol. The molecule has 0 N–H and O–H groups in total. The molecule has 2 aromatic heterocycles. The van der Waals surface area contributed by atoms with Gasteiger partial charge in [0, 0.05) is 47.1 Å². The zero-order valence-electron chi connectivity index (χ0n) is 19.5. The minimum absolute atomic E-state index is 0.162. The van der Waals surface area contributed by atoms with Crippen LogP contribution < -0.4 is 5.43 Å². The van der Waals surface area contributed by atoms with Crippen LogP contribution in [-0.4, -0.2) is 29.5 Å². The summed E-state index contributed by atoms with van der Waals surface area (Å²) in [6.07, 6.45) is 0.672. The molecule has 34 heavy (non-hydrogen) atoms. The van der Waals surface area contributed by atoms with Crippen molar-refractivity contribution >= 4 is 38.9 Å². The molecule has 0 bridgehead atoms. The van der Waals surface area contributed by atoms with Crippen LogP contribution in [0.25, 0.3) is 10.1 Å². The predicted octanol–water partition coefficient (Wildman–Crippen LogP) is 5.69. The van der Waals surface area contributed by atoms with Crippen molar-refractivity contribution in [2.75, 3.05) is 14.2 Å². The highest BCUT2D eigenvalue weighted by Crippen LogP contribution is 2.26. The number of amides is 1. The first-order chi connectivity index (χ1) is 16.4. The van der Waals surface area contributed by atoms with E-state index in [4.69, 9.17) is 16.3 Å². The van der Waals surface area contributed by atoms with Gasteiger partial charge in [-0.15, -0.1) is 11.3 Å². The molecule has 0 unspecified atom stereocenters. The van der Waals surface area contributed by atoms with Gasteiger partial charge in [-0.1, -0.05) is 48.0 Å². The Kier molecular flexibility index (Phi) is 7.51. The lowest BCUT2D eigenvalue weighted by molar-refractivity contribution is 0.0777. The average molecular weight is 495 g/mol. The quantitative estimate of drug-likeness (QED) is 0.316. The van der Waals surface area contributed by atoms with Gasteiger partial charge in [-0.3, -0.25) is 9.59 Å². The standard InChI is InChI=1S/C27H27ClN2O3S/c1-18-14-24(31)26(23(17-33-3)30(18)13-12-19-8-4-6-10-22(19)28)27(32)29(2)16-21-15-20-9-5-7-11-25(20)34-21/h4-11,14-15H,12-13,16-17H2,1-3H3. The van der Waals surface area contributed by atoms with Crippen LogP contribution in [0.5, 0.6) is 0 Å². The summed E-state index contributed by atoms with van der Waals surface area (Å²) in [5.41, 5.74) is 2.27. The van der Waals surface area contributed by atoms with Crippen molar-refractivity contribution in [1.29, 1.82) is 0 Å². The van der Waals surface area contributed by atoms with E-state index in [1.807, 2.05) is 47.9 Å². The number of rotatable bonds is 8. The Labute approximate surface area is 208 Å². The molecule has 0 fully saturated rings. The molecule has 4 rings (SSSR count). The molecule has 0 spiro atoms. The van der Waals surface area contributed by atoms with Gasteiger partial charge in [0.05, 0.1) is 18.8 Å². The molecular weight excluding hydrogens is 468 g/mol. The summed E-state index contributed by atoms with van der Waals surface area (Å²) in [6, 6.07) is 19.5. The SMILES string of the molecule is COCc1c(C(=O)N(C)Cc2cc3ccccc3s2)c(=O)cc(C)n1CCc1ccccc1Cl. The van der Waals surface area contributed by atoms with Crippen LogP contribution in [-0.2, 0) is 30.9 Å². The second-order valence-corrected chi connectivity index (χ2v) is 9.89. The molecule has 7 heteroatoms. The summed E-state index contributed by atoms with van der Waals surface area (Å²) >= 11 is 8.00. The molecule has 0 saturated heterocycles. The van der Waals surface area contributed by atoms with Crippen LogP contribution in [0.4, 0.5) is 0 Å². The van der Waals surface area contributed by atoms with Gasteiger partial charge in [0.25, 0.3) is 5.91 Å². The average Bonchev–Trinajstić information content (AvgIpc) is 3.22. The number of hydrogen-bond acceptors (Lipinski definition) is 4. The number of halogens is 1. The molecule has 4 aromatic rings. The number of fused-ring (bicyclic) bond motifs is 1. The summed E-state index contributed by atoms with van der Waals surface area (Å²) in [5, 5.41) is 1.86. The molecule has 0 saturated carbocycles. The fourth-order valence-electron chi connectivity index (χ4n) is 4.20. The molecule has 0 radical (unpaired) electrons. The molecule has 0 aliphatic rings. The molecule has 0 aliphatic heterocycles. The largest absolute Gasteiger partial charge is 0.378 e. The van der Waals surface area contributed by atoms with E-state index in [2.05, 4.69) is 18.2 Å². The van der Waals surface area contributed by atoms with Gasteiger partial charge in [0.15, 0.2) is 5.43 Å². The van der Waals surface area contributed by atoms with E-state index < -0.39 is 0 Å². The van der Waals surface area contributed by atoms with Crippen molar-refractivity contribution in [3.8, 4) is 0 Å². The smallest absolute Gasteiger partial charge is 0.259 e. The summed E-state index contributed by atoms with van der Waals surface area (Å²) in [7, 11) is 3.30. The number of thiophene rings is 1. The summed E-state index contributed by atoms with van der Waals surface area (Å²) in [6.45, 7) is 3.05. The molecule has 5 nitrogen and oxygen atoms in total. The number of ether oxygens (including phenoxy) is 1. The molecule has 0 atom stereocenters. The van der Waals surface area contributed by atoms with E-state index in [0.717, 1.165) is 21.5 Å². The van der Waals surface area contributed by atoms with E-state index in [-0.39, 0.29) is 23.5 Å². The Morgan fingerprint density at radius 3 is 2.59 bits per heavy atom. The fraction of sp³-hybridized carbons (Fsp3) is 0.259. The number of methoxy groups -OCH3 is 1. The Morgan fingerprint density at radius 2 is 1.85 bits per heavy atom. The fourth-order valence-corrected chi connectivity index (χ4v) is 5.55. The van der Waals surface area contributed by atoms with Crippen molar-refractivity contribution < 1.29 is 9.53 Å². The third-order valence-electron chi connectivity index (χ3n) is 5.90. The molecule has 176 valence electrons. The Bertz CT molecular complexity index is 1360. The number of aryl methyl sites for hydroxylation is 2. The van der Waals surface area contributed by atoms with Crippen LogP contribution in [0.15, 0.2) is 65.5 Å². The molecular formula is C27H27ClN2O3S. The van der Waals surface area contributed by atoms with Crippen molar-refractivity contribution in [3.05, 3.63) is 103 Å². The molecule has 2 aromatic carbocycles.